The highest BCUT2D eigenvalue weighted by Gasteiger charge is 2.40. The fourth-order valence-corrected chi connectivity index (χ4v) is 7.36. The van der Waals surface area contributed by atoms with Gasteiger partial charge in [-0.2, -0.15) is 0 Å². The van der Waals surface area contributed by atoms with E-state index in [2.05, 4.69) is 59.5 Å². The van der Waals surface area contributed by atoms with Crippen molar-refractivity contribution in [3.8, 4) is 0 Å². The molecule has 34 heavy (non-hydrogen) atoms. The van der Waals surface area contributed by atoms with Crippen molar-refractivity contribution in [3.63, 3.8) is 0 Å². The van der Waals surface area contributed by atoms with Crippen LogP contribution in [0.4, 0.5) is 0 Å². The van der Waals surface area contributed by atoms with E-state index >= 15 is 0 Å². The van der Waals surface area contributed by atoms with E-state index in [1.165, 1.54) is 54.6 Å². The van der Waals surface area contributed by atoms with Crippen LogP contribution < -0.4 is 0 Å². The Bertz CT molecular complexity index is 1150. The minimum atomic E-state index is -3.18. The second kappa shape index (κ2) is 9.25. The third-order valence-corrected chi connectivity index (χ3v) is 10.2. The molecule has 0 radical (unpaired) electrons. The maximum atomic E-state index is 12.7. The van der Waals surface area contributed by atoms with E-state index in [-0.39, 0.29) is 5.75 Å². The quantitative estimate of drug-likeness (QED) is 0.492. The number of benzene rings is 2. The third kappa shape index (κ3) is 4.62. The molecule has 6 rings (SSSR count). The predicted molar refractivity (Wildman–Crippen MR) is 138 cm³/mol. The molecule has 0 spiro atoms. The lowest BCUT2D eigenvalue weighted by atomic mass is 9.86. The zero-order valence-electron chi connectivity index (χ0n) is 20.0. The zero-order chi connectivity index (χ0) is 23.1. The third-order valence-electron chi connectivity index (χ3n) is 8.47. The first-order valence-electron chi connectivity index (χ1n) is 13.1. The number of rotatable bonds is 9. The number of likely N-dealkylation sites (tertiary alicyclic amines) is 1. The Morgan fingerprint density at radius 1 is 0.971 bits per heavy atom. The van der Waals surface area contributed by atoms with Gasteiger partial charge in [0.2, 0.25) is 10.0 Å². The van der Waals surface area contributed by atoms with Crippen LogP contribution in [0.3, 0.4) is 0 Å². The first-order valence-corrected chi connectivity index (χ1v) is 14.7. The van der Waals surface area contributed by atoms with Gasteiger partial charge >= 0.3 is 0 Å². The van der Waals surface area contributed by atoms with E-state index in [0.717, 1.165) is 25.2 Å². The second-order valence-electron chi connectivity index (χ2n) is 10.9. The summed E-state index contributed by atoms with van der Waals surface area (Å²) in [5.74, 6) is 1.79. The molecular formula is C29H36N2O2S. The largest absolute Gasteiger partial charge is 0.299 e. The van der Waals surface area contributed by atoms with Crippen LogP contribution in [0.15, 0.2) is 60.7 Å². The second-order valence-corrected chi connectivity index (χ2v) is 12.9. The molecule has 2 unspecified atom stereocenters. The minimum Gasteiger partial charge on any atom is -0.299 e. The lowest BCUT2D eigenvalue weighted by molar-refractivity contribution is 0.106. The van der Waals surface area contributed by atoms with Crippen LogP contribution in [0.25, 0.3) is 0 Å². The highest BCUT2D eigenvalue weighted by atomic mass is 32.2. The number of nitrogens with zero attached hydrogens (tertiary/aromatic N) is 2. The number of hydrogen-bond donors (Lipinski definition) is 0. The standard InChI is InChI=1S/C29H36N2O2S/c32-34(33,16-5-4-7-22-10-11-22)31-20-26(21-31)24-12-13-25-19-29(30-14-6-15-30)28(27(25)18-24)17-23-8-2-1-3-9-23/h1-5,8-9,12-13,18,22,26,28-29H,6-7,10-11,14-17,19-21H2. The van der Waals surface area contributed by atoms with E-state index in [1.807, 2.05) is 6.08 Å². The summed E-state index contributed by atoms with van der Waals surface area (Å²) < 4.78 is 27.1. The normalized spacial score (nSPS) is 25.9. The highest BCUT2D eigenvalue weighted by Crippen LogP contribution is 2.42. The predicted octanol–water partition coefficient (Wildman–Crippen LogP) is 4.73. The van der Waals surface area contributed by atoms with Crippen LogP contribution in [-0.4, -0.2) is 55.6 Å². The lowest BCUT2D eigenvalue weighted by Crippen LogP contribution is -2.49. The van der Waals surface area contributed by atoms with Gasteiger partial charge in [0.05, 0.1) is 5.75 Å². The van der Waals surface area contributed by atoms with Crippen molar-refractivity contribution in [3.05, 3.63) is 82.9 Å². The molecule has 3 fully saturated rings. The monoisotopic (exact) mass is 476 g/mol. The Morgan fingerprint density at radius 2 is 1.76 bits per heavy atom. The van der Waals surface area contributed by atoms with E-state index < -0.39 is 10.0 Å². The van der Waals surface area contributed by atoms with Crippen molar-refractivity contribution in [2.24, 2.45) is 5.92 Å². The van der Waals surface area contributed by atoms with Gasteiger partial charge in [0.25, 0.3) is 0 Å². The van der Waals surface area contributed by atoms with Crippen molar-refractivity contribution < 1.29 is 8.42 Å². The molecule has 4 aliphatic rings. The minimum absolute atomic E-state index is 0.146. The van der Waals surface area contributed by atoms with Gasteiger partial charge in [-0.1, -0.05) is 60.7 Å². The SMILES string of the molecule is O=S(=O)(CC=CCC1CC1)N1CC(c2ccc3c(c2)C(Cc2ccccc2)C(N2CCC2)C3)C1. The van der Waals surface area contributed by atoms with Gasteiger partial charge in [-0.15, -0.1) is 0 Å². The Morgan fingerprint density at radius 3 is 2.47 bits per heavy atom. The van der Waals surface area contributed by atoms with E-state index in [4.69, 9.17) is 0 Å². The van der Waals surface area contributed by atoms with Gasteiger partial charge in [0, 0.05) is 31.0 Å². The highest BCUT2D eigenvalue weighted by molar-refractivity contribution is 7.89. The molecule has 2 heterocycles. The average Bonchev–Trinajstić information content (AvgIpc) is 3.53. The van der Waals surface area contributed by atoms with Gasteiger partial charge in [0.15, 0.2) is 0 Å². The van der Waals surface area contributed by atoms with Gasteiger partial charge in [-0.3, -0.25) is 4.90 Å². The molecule has 0 bridgehead atoms. The molecule has 2 saturated heterocycles. The smallest absolute Gasteiger partial charge is 0.217 e. The van der Waals surface area contributed by atoms with Gasteiger partial charge in [0.1, 0.15) is 0 Å². The fourth-order valence-electron chi connectivity index (χ4n) is 5.96. The molecule has 2 aromatic rings. The van der Waals surface area contributed by atoms with Crippen LogP contribution in [0.1, 0.15) is 59.8 Å². The summed E-state index contributed by atoms with van der Waals surface area (Å²) in [6.45, 7) is 3.69. The number of fused-ring (bicyclic) bond motifs is 1. The summed E-state index contributed by atoms with van der Waals surface area (Å²) in [5.41, 5.74) is 5.72. The molecule has 2 atom stereocenters. The fraction of sp³-hybridized carbons (Fsp3) is 0.517. The maximum absolute atomic E-state index is 12.7. The molecule has 2 aromatic carbocycles. The summed E-state index contributed by atoms with van der Waals surface area (Å²) in [5, 5.41) is 0. The molecule has 0 aromatic heterocycles. The molecule has 2 aliphatic heterocycles. The van der Waals surface area contributed by atoms with E-state index in [9.17, 15) is 8.42 Å². The van der Waals surface area contributed by atoms with Crippen molar-refractivity contribution in [1.29, 1.82) is 0 Å². The van der Waals surface area contributed by atoms with Crippen LogP contribution in [0.2, 0.25) is 0 Å². The molecule has 0 amide bonds. The van der Waals surface area contributed by atoms with Crippen molar-refractivity contribution in [1.82, 2.24) is 9.21 Å². The molecule has 1 saturated carbocycles. The molecular weight excluding hydrogens is 440 g/mol. The average molecular weight is 477 g/mol. The van der Waals surface area contributed by atoms with Gasteiger partial charge in [-0.05, 0) is 79.8 Å². The first kappa shape index (κ1) is 22.5. The Kier molecular flexibility index (Phi) is 6.13. The maximum Gasteiger partial charge on any atom is 0.217 e. The summed E-state index contributed by atoms with van der Waals surface area (Å²) >= 11 is 0. The molecule has 2 aliphatic carbocycles. The Labute approximate surface area is 204 Å². The van der Waals surface area contributed by atoms with Gasteiger partial charge < -0.3 is 0 Å². The van der Waals surface area contributed by atoms with Crippen LogP contribution >= 0.6 is 0 Å². The van der Waals surface area contributed by atoms with Gasteiger partial charge in [-0.25, -0.2) is 12.7 Å². The van der Waals surface area contributed by atoms with Crippen molar-refractivity contribution >= 4 is 10.0 Å². The molecule has 5 heteroatoms. The molecule has 180 valence electrons. The van der Waals surface area contributed by atoms with E-state index in [0.29, 0.717) is 31.0 Å². The summed E-state index contributed by atoms with van der Waals surface area (Å²) in [7, 11) is -3.18. The lowest BCUT2D eigenvalue weighted by Gasteiger charge is -2.40. The van der Waals surface area contributed by atoms with E-state index in [1.54, 1.807) is 4.31 Å². The molecule has 4 nitrogen and oxygen atoms in total. The summed E-state index contributed by atoms with van der Waals surface area (Å²) in [4.78, 5) is 2.67. The zero-order valence-corrected chi connectivity index (χ0v) is 20.8. The Hall–Kier alpha value is -1.95. The summed E-state index contributed by atoms with van der Waals surface area (Å²) in [6, 6.07) is 18.5. The first-order chi connectivity index (χ1) is 16.6. The van der Waals surface area contributed by atoms with Crippen molar-refractivity contribution in [2.45, 2.75) is 56.4 Å². The van der Waals surface area contributed by atoms with Crippen molar-refractivity contribution in [2.75, 3.05) is 31.9 Å². The van der Waals surface area contributed by atoms with Crippen LogP contribution in [-0.2, 0) is 22.9 Å². The number of hydrogen-bond acceptors (Lipinski definition) is 3. The topological polar surface area (TPSA) is 40.6 Å². The molecule has 0 N–H and O–H groups in total. The number of allylic oxidation sites excluding steroid dienone is 1. The summed E-state index contributed by atoms with van der Waals surface area (Å²) in [6.07, 6.45) is 11.1. The van der Waals surface area contributed by atoms with Crippen LogP contribution in [0.5, 0.6) is 0 Å². The Balaban J connectivity index is 1.14. The van der Waals surface area contributed by atoms with Crippen LogP contribution in [0, 0.1) is 5.92 Å². The number of sulfonamides is 1.